The maximum absolute atomic E-state index is 12.5. The molecule has 1 aromatic carbocycles. The second-order valence-corrected chi connectivity index (χ2v) is 4.96. The number of aromatic nitrogens is 2. The highest BCUT2D eigenvalue weighted by molar-refractivity contribution is 6.07. The molecule has 122 valence electrons. The highest BCUT2D eigenvalue weighted by atomic mass is 16.6. The summed E-state index contributed by atoms with van der Waals surface area (Å²) in [6, 6.07) is 4.27. The molecule has 1 N–H and O–H groups in total. The van der Waals surface area contributed by atoms with E-state index in [-0.39, 0.29) is 11.4 Å². The zero-order chi connectivity index (χ0) is 17.1. The minimum absolute atomic E-state index is 0.115. The number of carbonyl (C=O) groups excluding carboxylic acids is 1. The van der Waals surface area contributed by atoms with Crippen molar-refractivity contribution in [2.45, 2.75) is 27.3 Å². The molecule has 0 radical (unpaired) electrons. The van der Waals surface area contributed by atoms with Crippen LogP contribution in [0.4, 0.5) is 11.4 Å². The van der Waals surface area contributed by atoms with Gasteiger partial charge in [0, 0.05) is 12.2 Å². The number of nitrogens with zero attached hydrogens (tertiary/aromatic N) is 3. The van der Waals surface area contributed by atoms with Crippen LogP contribution < -0.4 is 10.1 Å². The van der Waals surface area contributed by atoms with E-state index >= 15 is 0 Å². The largest absolute Gasteiger partial charge is 0.496 e. The highest BCUT2D eigenvalue weighted by Gasteiger charge is 2.22. The zero-order valence-electron chi connectivity index (χ0n) is 13.4. The summed E-state index contributed by atoms with van der Waals surface area (Å²) in [5.74, 6) is -0.0752. The molecule has 2 rings (SSSR count). The molecule has 0 saturated carbocycles. The third-order valence-corrected chi connectivity index (χ3v) is 3.56. The number of benzene rings is 1. The van der Waals surface area contributed by atoms with Gasteiger partial charge in [-0.3, -0.25) is 19.6 Å². The van der Waals surface area contributed by atoms with Crippen molar-refractivity contribution in [2.24, 2.45) is 0 Å². The van der Waals surface area contributed by atoms with Gasteiger partial charge in [0.05, 0.1) is 29.4 Å². The number of ether oxygens (including phenoxy) is 1. The maximum Gasteiger partial charge on any atom is 0.296 e. The van der Waals surface area contributed by atoms with Gasteiger partial charge in [-0.1, -0.05) is 0 Å². The summed E-state index contributed by atoms with van der Waals surface area (Å²) < 4.78 is 6.69. The minimum atomic E-state index is -0.562. The summed E-state index contributed by atoms with van der Waals surface area (Å²) in [5, 5.41) is 18.0. The van der Waals surface area contributed by atoms with Crippen LogP contribution in [0.5, 0.6) is 5.75 Å². The van der Waals surface area contributed by atoms with Crippen LogP contribution in [0.3, 0.4) is 0 Å². The molecule has 1 amide bonds. The van der Waals surface area contributed by atoms with E-state index < -0.39 is 10.8 Å². The molecule has 0 aliphatic rings. The minimum Gasteiger partial charge on any atom is -0.496 e. The van der Waals surface area contributed by atoms with E-state index in [2.05, 4.69) is 10.4 Å². The fraction of sp³-hybridized carbons (Fsp3) is 0.333. The molecule has 2 aromatic rings. The highest BCUT2D eigenvalue weighted by Crippen LogP contribution is 2.29. The number of hydrogen-bond donors (Lipinski definition) is 1. The topological polar surface area (TPSA) is 99.3 Å². The van der Waals surface area contributed by atoms with E-state index in [9.17, 15) is 14.9 Å². The normalized spacial score (nSPS) is 10.4. The quantitative estimate of drug-likeness (QED) is 0.675. The first-order chi connectivity index (χ1) is 10.9. The molecule has 0 atom stereocenters. The molecule has 0 saturated heterocycles. The van der Waals surface area contributed by atoms with Gasteiger partial charge >= 0.3 is 0 Å². The van der Waals surface area contributed by atoms with Crippen LogP contribution in [0.1, 0.15) is 28.7 Å². The van der Waals surface area contributed by atoms with Crippen molar-refractivity contribution in [3.8, 4) is 5.75 Å². The molecule has 0 bridgehead atoms. The first kappa shape index (κ1) is 16.5. The number of rotatable bonds is 5. The van der Waals surface area contributed by atoms with E-state index in [1.807, 2.05) is 6.92 Å². The number of nitro groups is 1. The molecule has 8 heteroatoms. The molecule has 8 nitrogen and oxygen atoms in total. The number of hydrogen-bond acceptors (Lipinski definition) is 5. The van der Waals surface area contributed by atoms with Gasteiger partial charge in [-0.25, -0.2) is 0 Å². The Morgan fingerprint density at radius 2 is 2.13 bits per heavy atom. The van der Waals surface area contributed by atoms with Gasteiger partial charge in [0.25, 0.3) is 11.6 Å². The van der Waals surface area contributed by atoms with Crippen molar-refractivity contribution in [3.05, 3.63) is 45.3 Å². The molecule has 0 fully saturated rings. The van der Waals surface area contributed by atoms with E-state index in [0.717, 1.165) is 5.69 Å². The summed E-state index contributed by atoms with van der Waals surface area (Å²) in [6.07, 6.45) is 0. The van der Waals surface area contributed by atoms with Gasteiger partial charge in [-0.05, 0) is 32.9 Å². The van der Waals surface area contributed by atoms with Gasteiger partial charge < -0.3 is 10.1 Å². The first-order valence-corrected chi connectivity index (χ1v) is 7.06. The van der Waals surface area contributed by atoms with Crippen molar-refractivity contribution in [1.82, 2.24) is 9.78 Å². The average molecular weight is 318 g/mol. The van der Waals surface area contributed by atoms with Crippen LogP contribution >= 0.6 is 0 Å². The molecule has 0 aliphatic carbocycles. The number of nitrogens with one attached hydrogen (secondary N) is 1. The molecule has 0 spiro atoms. The number of nitro benzene ring substituents is 1. The number of carbonyl (C=O) groups is 1. The number of amides is 1. The number of anilines is 1. The number of methoxy groups -OCH3 is 1. The van der Waals surface area contributed by atoms with Crippen molar-refractivity contribution in [1.29, 1.82) is 0 Å². The Morgan fingerprint density at radius 1 is 1.43 bits per heavy atom. The van der Waals surface area contributed by atoms with Crippen molar-refractivity contribution < 1.29 is 14.5 Å². The summed E-state index contributed by atoms with van der Waals surface area (Å²) in [4.78, 5) is 23.1. The first-order valence-electron chi connectivity index (χ1n) is 7.06. The Hall–Kier alpha value is -2.90. The predicted octanol–water partition coefficient (Wildman–Crippen LogP) is 2.69. The van der Waals surface area contributed by atoms with E-state index in [1.54, 1.807) is 24.6 Å². The second-order valence-electron chi connectivity index (χ2n) is 4.96. The van der Waals surface area contributed by atoms with Crippen molar-refractivity contribution >= 4 is 17.3 Å². The summed E-state index contributed by atoms with van der Waals surface area (Å²) in [6.45, 7) is 6.09. The van der Waals surface area contributed by atoms with Gasteiger partial charge in [0.1, 0.15) is 11.4 Å². The van der Waals surface area contributed by atoms with Gasteiger partial charge in [-0.2, -0.15) is 5.10 Å². The Balaban J connectivity index is 2.38. The molecular weight excluding hydrogens is 300 g/mol. The van der Waals surface area contributed by atoms with Crippen LogP contribution in [0.25, 0.3) is 0 Å². The lowest BCUT2D eigenvalue weighted by Crippen LogP contribution is -2.15. The summed E-state index contributed by atoms with van der Waals surface area (Å²) in [5.41, 5.74) is 1.62. The molecule has 1 aromatic heterocycles. The molecule has 23 heavy (non-hydrogen) atoms. The van der Waals surface area contributed by atoms with E-state index in [4.69, 9.17) is 4.74 Å². The maximum atomic E-state index is 12.5. The fourth-order valence-corrected chi connectivity index (χ4v) is 2.41. The van der Waals surface area contributed by atoms with Crippen molar-refractivity contribution in [3.63, 3.8) is 0 Å². The lowest BCUT2D eigenvalue weighted by atomic mass is 10.1. The standard InChI is InChI=1S/C15H18N4O4/c1-5-18-10(3)14(9(2)17-18)15(20)16-12-7-6-11(23-4)8-13(12)19(21)22/h6-8H,5H2,1-4H3,(H,16,20). The molecule has 1 heterocycles. The lowest BCUT2D eigenvalue weighted by molar-refractivity contribution is -0.384. The predicted molar refractivity (Wildman–Crippen MR) is 85.0 cm³/mol. The van der Waals surface area contributed by atoms with Crippen LogP contribution in [0.2, 0.25) is 0 Å². The zero-order valence-corrected chi connectivity index (χ0v) is 13.4. The van der Waals surface area contributed by atoms with Crippen molar-refractivity contribution in [2.75, 3.05) is 12.4 Å². The van der Waals surface area contributed by atoms with Gasteiger partial charge in [0.15, 0.2) is 0 Å². The monoisotopic (exact) mass is 318 g/mol. The Labute approximate surface area is 133 Å². The average Bonchev–Trinajstić information content (AvgIpc) is 2.81. The third kappa shape index (κ3) is 3.15. The lowest BCUT2D eigenvalue weighted by Gasteiger charge is -2.08. The van der Waals surface area contributed by atoms with Crippen LogP contribution in [0, 0.1) is 24.0 Å². The molecular formula is C15H18N4O4. The smallest absolute Gasteiger partial charge is 0.296 e. The Kier molecular flexibility index (Phi) is 4.63. The van der Waals surface area contributed by atoms with Gasteiger partial charge in [0.2, 0.25) is 0 Å². The fourth-order valence-electron chi connectivity index (χ4n) is 2.41. The second kappa shape index (κ2) is 6.47. The van der Waals surface area contributed by atoms with E-state index in [1.165, 1.54) is 19.2 Å². The van der Waals surface area contributed by atoms with Gasteiger partial charge in [-0.15, -0.1) is 0 Å². The Bertz CT molecular complexity index is 767. The number of aryl methyl sites for hydroxylation is 2. The molecule has 0 aliphatic heterocycles. The third-order valence-electron chi connectivity index (χ3n) is 3.56. The van der Waals surface area contributed by atoms with Crippen LogP contribution in [-0.2, 0) is 6.54 Å². The summed E-state index contributed by atoms with van der Waals surface area (Å²) >= 11 is 0. The van der Waals surface area contributed by atoms with Crippen LogP contribution in [0.15, 0.2) is 18.2 Å². The SMILES string of the molecule is CCn1nc(C)c(C(=O)Nc2ccc(OC)cc2[N+](=O)[O-])c1C. The summed E-state index contributed by atoms with van der Waals surface area (Å²) in [7, 11) is 1.42. The Morgan fingerprint density at radius 3 is 2.65 bits per heavy atom. The van der Waals surface area contributed by atoms with E-state index in [0.29, 0.717) is 23.6 Å². The molecule has 0 unspecified atom stereocenters. The van der Waals surface area contributed by atoms with Crippen LogP contribution in [-0.4, -0.2) is 27.7 Å².